The van der Waals surface area contributed by atoms with Gasteiger partial charge in [0, 0.05) is 0 Å². The summed E-state index contributed by atoms with van der Waals surface area (Å²) in [6.07, 6.45) is 1.08. The van der Waals surface area contributed by atoms with Crippen molar-refractivity contribution in [2.75, 3.05) is 0 Å². The summed E-state index contributed by atoms with van der Waals surface area (Å²) in [5.74, 6) is -1.60. The largest absolute Gasteiger partial charge is 0.360 e. The molecule has 0 radical (unpaired) electrons. The van der Waals surface area contributed by atoms with Crippen LogP contribution >= 0.6 is 0 Å². The second-order valence-electron chi connectivity index (χ2n) is 1.35. The van der Waals surface area contributed by atoms with Crippen LogP contribution in [0.1, 0.15) is 6.92 Å². The average Bonchev–Trinajstić information content (AvgIpc) is 1.68. The first-order valence-electron chi connectivity index (χ1n) is 1.81. The molecular formula is C4H8O3. The van der Waals surface area contributed by atoms with E-state index in [1.54, 1.807) is 0 Å². The van der Waals surface area contributed by atoms with Crippen LogP contribution in [0.4, 0.5) is 0 Å². The molecule has 0 bridgehead atoms. The summed E-state index contributed by atoms with van der Waals surface area (Å²) in [7, 11) is 0. The number of hydrogen-bond donors (Lipinski definition) is 2. The van der Waals surface area contributed by atoms with Gasteiger partial charge in [-0.3, -0.25) is 0 Å². The van der Waals surface area contributed by atoms with Crippen LogP contribution in [-0.2, 0) is 4.89 Å². The number of aliphatic hydroxyl groups is 1. The van der Waals surface area contributed by atoms with Gasteiger partial charge in [-0.1, -0.05) is 6.58 Å². The summed E-state index contributed by atoms with van der Waals surface area (Å²) in [4.78, 5) is 3.52. The van der Waals surface area contributed by atoms with Gasteiger partial charge in [0.1, 0.15) is 0 Å². The summed E-state index contributed by atoms with van der Waals surface area (Å²) < 4.78 is 0. The first-order valence-corrected chi connectivity index (χ1v) is 1.81. The molecule has 3 nitrogen and oxygen atoms in total. The van der Waals surface area contributed by atoms with E-state index in [9.17, 15) is 0 Å². The van der Waals surface area contributed by atoms with E-state index in [1.165, 1.54) is 6.92 Å². The lowest BCUT2D eigenvalue weighted by Crippen LogP contribution is -2.22. The Bertz CT molecular complexity index is 67.3. The molecule has 0 amide bonds. The summed E-state index contributed by atoms with van der Waals surface area (Å²) >= 11 is 0. The van der Waals surface area contributed by atoms with Gasteiger partial charge in [0.15, 0.2) is 0 Å². The molecule has 0 aromatic heterocycles. The highest BCUT2D eigenvalue weighted by Crippen LogP contribution is 2.01. The summed E-state index contributed by atoms with van der Waals surface area (Å²) in [5.41, 5.74) is 0. The molecule has 0 aliphatic heterocycles. The Morgan fingerprint density at radius 1 is 1.86 bits per heavy atom. The number of hydrogen-bond acceptors (Lipinski definition) is 3. The third kappa shape index (κ3) is 2.33. The highest BCUT2D eigenvalue weighted by atomic mass is 17.1. The summed E-state index contributed by atoms with van der Waals surface area (Å²) in [5, 5.41) is 16.3. The number of rotatable bonds is 2. The van der Waals surface area contributed by atoms with E-state index in [1.807, 2.05) is 0 Å². The van der Waals surface area contributed by atoms with Gasteiger partial charge in [-0.2, -0.15) is 4.89 Å². The Morgan fingerprint density at radius 2 is 2.29 bits per heavy atom. The maximum Gasteiger partial charge on any atom is 0.214 e. The maximum atomic E-state index is 8.54. The van der Waals surface area contributed by atoms with Crippen LogP contribution in [-0.4, -0.2) is 16.2 Å². The van der Waals surface area contributed by atoms with Crippen LogP contribution in [0.2, 0.25) is 0 Å². The summed E-state index contributed by atoms with van der Waals surface area (Å²) in [6, 6.07) is 0. The zero-order valence-electron chi connectivity index (χ0n) is 4.09. The molecule has 0 spiro atoms. The molecule has 0 rings (SSSR count). The molecule has 42 valence electrons. The third-order valence-electron chi connectivity index (χ3n) is 0.564. The molecule has 2 N–H and O–H groups in total. The smallest absolute Gasteiger partial charge is 0.214 e. The molecule has 0 fully saturated rings. The fourth-order valence-electron chi connectivity index (χ4n) is 0.0373. The lowest BCUT2D eigenvalue weighted by atomic mass is 10.3. The Hall–Kier alpha value is -0.380. The second kappa shape index (κ2) is 2.07. The molecule has 0 aromatic carbocycles. The molecule has 0 saturated heterocycles. The standard InChI is InChI=1S/C4H8O3/c1-3-4(2,5)7-6/h3,5-6H,1H2,2H3. The van der Waals surface area contributed by atoms with Crippen molar-refractivity contribution in [1.82, 2.24) is 0 Å². The minimum atomic E-state index is -1.60. The van der Waals surface area contributed by atoms with Gasteiger partial charge < -0.3 is 5.11 Å². The van der Waals surface area contributed by atoms with Gasteiger partial charge in [-0.15, -0.1) is 0 Å². The van der Waals surface area contributed by atoms with Crippen molar-refractivity contribution in [1.29, 1.82) is 0 Å². The van der Waals surface area contributed by atoms with Gasteiger partial charge in [0.2, 0.25) is 5.79 Å². The zero-order valence-corrected chi connectivity index (χ0v) is 4.09. The Morgan fingerprint density at radius 3 is 2.29 bits per heavy atom. The van der Waals surface area contributed by atoms with Crippen molar-refractivity contribution < 1.29 is 15.3 Å². The van der Waals surface area contributed by atoms with Crippen molar-refractivity contribution in [3.8, 4) is 0 Å². The lowest BCUT2D eigenvalue weighted by molar-refractivity contribution is -0.365. The fourth-order valence-corrected chi connectivity index (χ4v) is 0.0373. The van der Waals surface area contributed by atoms with Gasteiger partial charge in [0.25, 0.3) is 0 Å². The predicted octanol–water partition coefficient (Wildman–Crippen LogP) is 0.370. The average molecular weight is 104 g/mol. The minimum absolute atomic E-state index is 1.08. The Balaban J connectivity index is 3.58. The van der Waals surface area contributed by atoms with Crippen molar-refractivity contribution in [2.24, 2.45) is 0 Å². The normalized spacial score (nSPS) is 18.1. The zero-order chi connectivity index (χ0) is 5.91. The van der Waals surface area contributed by atoms with Gasteiger partial charge in [0.05, 0.1) is 0 Å². The first kappa shape index (κ1) is 6.62. The van der Waals surface area contributed by atoms with Gasteiger partial charge in [-0.05, 0) is 13.0 Å². The molecule has 0 aromatic rings. The molecular weight excluding hydrogens is 96.0 g/mol. The van der Waals surface area contributed by atoms with Crippen molar-refractivity contribution in [3.63, 3.8) is 0 Å². The molecule has 0 heterocycles. The van der Waals surface area contributed by atoms with Crippen LogP contribution in [0.25, 0.3) is 0 Å². The van der Waals surface area contributed by atoms with Crippen LogP contribution in [0.15, 0.2) is 12.7 Å². The highest BCUT2D eigenvalue weighted by molar-refractivity contribution is 4.81. The molecule has 7 heavy (non-hydrogen) atoms. The lowest BCUT2D eigenvalue weighted by Gasteiger charge is -2.11. The van der Waals surface area contributed by atoms with Crippen LogP contribution in [0, 0.1) is 0 Å². The molecule has 0 saturated carbocycles. The molecule has 1 atom stereocenters. The van der Waals surface area contributed by atoms with E-state index in [2.05, 4.69) is 11.5 Å². The highest BCUT2D eigenvalue weighted by Gasteiger charge is 2.13. The third-order valence-corrected chi connectivity index (χ3v) is 0.564. The van der Waals surface area contributed by atoms with Crippen LogP contribution < -0.4 is 0 Å². The van der Waals surface area contributed by atoms with E-state index >= 15 is 0 Å². The SMILES string of the molecule is C=CC(C)(O)OO. The fraction of sp³-hybridized carbons (Fsp3) is 0.500. The molecule has 3 heteroatoms. The van der Waals surface area contributed by atoms with Gasteiger partial charge >= 0.3 is 0 Å². The molecule has 0 aliphatic rings. The van der Waals surface area contributed by atoms with Gasteiger partial charge in [-0.25, -0.2) is 5.26 Å². The Labute approximate surface area is 41.8 Å². The second-order valence-corrected chi connectivity index (χ2v) is 1.35. The molecule has 0 aliphatic carbocycles. The van der Waals surface area contributed by atoms with Crippen molar-refractivity contribution in [3.05, 3.63) is 12.7 Å². The predicted molar refractivity (Wildman–Crippen MR) is 24.5 cm³/mol. The van der Waals surface area contributed by atoms with E-state index in [0.717, 1.165) is 6.08 Å². The van der Waals surface area contributed by atoms with Crippen molar-refractivity contribution >= 4 is 0 Å². The topological polar surface area (TPSA) is 49.7 Å². The minimum Gasteiger partial charge on any atom is -0.360 e. The van der Waals surface area contributed by atoms with E-state index in [4.69, 9.17) is 10.4 Å². The van der Waals surface area contributed by atoms with Crippen molar-refractivity contribution in [2.45, 2.75) is 12.7 Å². The van der Waals surface area contributed by atoms with E-state index in [-0.39, 0.29) is 0 Å². The van der Waals surface area contributed by atoms with E-state index in [0.29, 0.717) is 0 Å². The maximum absolute atomic E-state index is 8.54. The molecule has 1 unspecified atom stereocenters. The van der Waals surface area contributed by atoms with Crippen LogP contribution in [0.5, 0.6) is 0 Å². The Kier molecular flexibility index (Phi) is 1.95. The summed E-state index contributed by atoms with van der Waals surface area (Å²) in [6.45, 7) is 4.43. The van der Waals surface area contributed by atoms with E-state index < -0.39 is 5.79 Å². The van der Waals surface area contributed by atoms with Crippen LogP contribution in [0.3, 0.4) is 0 Å². The monoisotopic (exact) mass is 104 g/mol. The first-order chi connectivity index (χ1) is 3.12. The quantitative estimate of drug-likeness (QED) is 0.230.